The first-order chi connectivity index (χ1) is 21.0. The van der Waals surface area contributed by atoms with Crippen LogP contribution in [0.5, 0.6) is 0 Å². The number of hydrogen-bond acceptors (Lipinski definition) is 5. The quantitative estimate of drug-likeness (QED) is 0.160. The van der Waals surface area contributed by atoms with Crippen LogP contribution in [-0.2, 0) is 18.2 Å². The summed E-state index contributed by atoms with van der Waals surface area (Å²) in [6.07, 6.45) is -4.28. The number of nitrogens with one attached hydrogen (secondary N) is 3. The summed E-state index contributed by atoms with van der Waals surface area (Å²) in [6.45, 7) is 6.35. The number of anilines is 1. The number of benzene rings is 3. The fourth-order valence-corrected chi connectivity index (χ4v) is 6.01. The molecule has 1 unspecified atom stereocenters. The van der Waals surface area contributed by atoms with Gasteiger partial charge in [0.05, 0.1) is 29.2 Å². The SMILES string of the molecule is [B]C(C)(C)n1c(=N)n(CCF)c2cc(N/C(N)=c3\cc(F)cc(C(F)(F)F)\c3=C\N)c3c(c21)C(=C)NC3c1cc(F)ccc1Cl. The molecule has 7 nitrogen and oxygen atoms in total. The molecule has 0 saturated carbocycles. The van der Waals surface area contributed by atoms with Crippen LogP contribution in [0.4, 0.5) is 32.0 Å². The number of imidazole rings is 1. The number of aryl methyl sites for hydroxylation is 1. The van der Waals surface area contributed by atoms with Gasteiger partial charge in [-0.15, -0.1) is 0 Å². The molecular formula is C30H27BClF6N7. The van der Waals surface area contributed by atoms with E-state index in [0.717, 1.165) is 6.07 Å². The monoisotopic (exact) mass is 645 g/mol. The van der Waals surface area contributed by atoms with Crippen LogP contribution in [0.1, 0.15) is 42.1 Å². The van der Waals surface area contributed by atoms with Crippen molar-refractivity contribution < 1.29 is 26.3 Å². The normalized spacial score (nSPS) is 16.2. The first-order valence-corrected chi connectivity index (χ1v) is 13.9. The molecule has 0 aliphatic carbocycles. The minimum Gasteiger partial charge on any atom is -0.404 e. The van der Waals surface area contributed by atoms with Gasteiger partial charge in [0.2, 0.25) is 5.62 Å². The molecule has 1 aromatic heterocycles. The minimum absolute atomic E-state index is 0.145. The molecular weight excluding hydrogens is 619 g/mol. The molecule has 0 spiro atoms. The van der Waals surface area contributed by atoms with Crippen LogP contribution in [0.15, 0.2) is 43.0 Å². The summed E-state index contributed by atoms with van der Waals surface area (Å²) in [5.74, 6) is -2.23. The Morgan fingerprint density at radius 1 is 1.18 bits per heavy atom. The van der Waals surface area contributed by atoms with Crippen LogP contribution in [0.3, 0.4) is 0 Å². The average Bonchev–Trinajstić information content (AvgIpc) is 3.43. The van der Waals surface area contributed by atoms with Crippen molar-refractivity contribution in [3.63, 3.8) is 0 Å². The summed E-state index contributed by atoms with van der Waals surface area (Å²) >= 11 is 6.50. The highest BCUT2D eigenvalue weighted by Gasteiger charge is 2.37. The van der Waals surface area contributed by atoms with E-state index in [1.807, 2.05) is 0 Å². The molecule has 4 aromatic rings. The van der Waals surface area contributed by atoms with Crippen molar-refractivity contribution in [2.24, 2.45) is 11.5 Å². The maximum absolute atomic E-state index is 14.5. The van der Waals surface area contributed by atoms with Crippen LogP contribution in [0, 0.1) is 17.0 Å². The highest BCUT2D eigenvalue weighted by molar-refractivity contribution is 6.31. The van der Waals surface area contributed by atoms with Gasteiger partial charge in [0, 0.05) is 55.2 Å². The summed E-state index contributed by atoms with van der Waals surface area (Å²) in [5, 5.41) is 14.2. The Kier molecular flexibility index (Phi) is 7.93. The number of nitrogens with zero attached hydrogens (tertiary/aromatic N) is 2. The third-order valence-corrected chi connectivity index (χ3v) is 7.88. The minimum atomic E-state index is -4.95. The second-order valence-corrected chi connectivity index (χ2v) is 11.5. The first-order valence-electron chi connectivity index (χ1n) is 13.5. The van der Waals surface area contributed by atoms with Gasteiger partial charge in [-0.1, -0.05) is 32.0 Å². The summed E-state index contributed by atoms with van der Waals surface area (Å²) in [7, 11) is 6.49. The lowest BCUT2D eigenvalue weighted by atomic mass is 9.81. The number of fused-ring (bicyclic) bond motifs is 3. The van der Waals surface area contributed by atoms with Crippen LogP contribution in [-0.4, -0.2) is 23.7 Å². The average molecular weight is 646 g/mol. The van der Waals surface area contributed by atoms with Gasteiger partial charge in [-0.25, -0.2) is 13.2 Å². The van der Waals surface area contributed by atoms with Gasteiger partial charge >= 0.3 is 6.18 Å². The first kappa shape index (κ1) is 32.0. The van der Waals surface area contributed by atoms with Gasteiger partial charge in [-0.2, -0.15) is 13.2 Å². The Bertz CT molecular complexity index is 2060. The Morgan fingerprint density at radius 3 is 2.47 bits per heavy atom. The van der Waals surface area contributed by atoms with Crippen molar-refractivity contribution in [3.8, 4) is 0 Å². The summed E-state index contributed by atoms with van der Waals surface area (Å²) in [6, 6.07) is 5.46. The van der Waals surface area contributed by atoms with Crippen LogP contribution in [0.25, 0.3) is 28.8 Å². The van der Waals surface area contributed by atoms with Crippen molar-refractivity contribution in [3.05, 3.63) is 97.9 Å². The van der Waals surface area contributed by atoms with Crippen LogP contribution in [0.2, 0.25) is 5.02 Å². The molecule has 45 heavy (non-hydrogen) atoms. The van der Waals surface area contributed by atoms with E-state index in [2.05, 4.69) is 17.2 Å². The molecule has 1 aliphatic heterocycles. The third kappa shape index (κ3) is 5.41. The number of halogens is 7. The van der Waals surface area contributed by atoms with Crippen LogP contribution < -0.4 is 38.2 Å². The number of aromatic nitrogens is 2. The summed E-state index contributed by atoms with van der Waals surface area (Å²) in [5.41, 5.74) is 11.4. The van der Waals surface area contributed by atoms with Gasteiger partial charge in [0.1, 0.15) is 32.0 Å². The van der Waals surface area contributed by atoms with Gasteiger partial charge in [0.15, 0.2) is 0 Å². The van der Waals surface area contributed by atoms with E-state index < -0.39 is 52.6 Å². The molecule has 15 heteroatoms. The predicted molar refractivity (Wildman–Crippen MR) is 163 cm³/mol. The lowest BCUT2D eigenvalue weighted by Gasteiger charge is -2.24. The van der Waals surface area contributed by atoms with Gasteiger partial charge in [-0.3, -0.25) is 5.41 Å². The Balaban J connectivity index is 1.93. The van der Waals surface area contributed by atoms with E-state index in [4.69, 9.17) is 36.3 Å². The Morgan fingerprint density at radius 2 is 1.87 bits per heavy atom. The van der Waals surface area contributed by atoms with E-state index in [1.165, 1.54) is 33.4 Å². The Hall–Kier alpha value is -4.46. The van der Waals surface area contributed by atoms with Gasteiger partial charge in [-0.05, 0) is 36.4 Å². The standard InChI is InChI=1S/C30H27BClF6N7/c1-13-23-24(25(42-13)17-8-14(34)4-5-20(17)32)21(11-22-26(23)45(29(2,3)31)28(41)44(22)7-6-33)43-27(40)16-9-15(35)10-19(18(16)12-39)30(36,37)38/h4-5,8-12,25,41-43H,1,6-7,39-40H2,2-3H3/b18-12+,27-16+,41-28?. The molecule has 7 N–H and O–H groups in total. The Labute approximate surface area is 259 Å². The maximum Gasteiger partial charge on any atom is 0.417 e. The van der Waals surface area contributed by atoms with E-state index in [9.17, 15) is 26.3 Å². The third-order valence-electron chi connectivity index (χ3n) is 7.54. The lowest BCUT2D eigenvalue weighted by Crippen LogP contribution is -2.39. The molecule has 234 valence electrons. The second-order valence-electron chi connectivity index (χ2n) is 11.1. The molecule has 2 heterocycles. The molecule has 0 amide bonds. The number of hydrogen-bond donors (Lipinski definition) is 5. The van der Waals surface area contributed by atoms with Crippen molar-refractivity contribution in [2.75, 3.05) is 12.0 Å². The molecule has 5 rings (SSSR count). The van der Waals surface area contributed by atoms with Gasteiger partial charge in [0.25, 0.3) is 0 Å². The lowest BCUT2D eigenvalue weighted by molar-refractivity contribution is -0.138. The van der Waals surface area contributed by atoms with Crippen molar-refractivity contribution >= 4 is 53.9 Å². The van der Waals surface area contributed by atoms with E-state index in [-0.39, 0.29) is 33.7 Å². The molecule has 0 bridgehead atoms. The van der Waals surface area contributed by atoms with Crippen molar-refractivity contribution in [1.82, 2.24) is 14.5 Å². The fraction of sp³-hybridized carbons (Fsp3) is 0.233. The fourth-order valence-electron chi connectivity index (χ4n) is 5.78. The zero-order valence-electron chi connectivity index (χ0n) is 24.0. The summed E-state index contributed by atoms with van der Waals surface area (Å²) < 4.78 is 87.1. The summed E-state index contributed by atoms with van der Waals surface area (Å²) in [4.78, 5) is 0. The molecule has 0 fully saturated rings. The van der Waals surface area contributed by atoms with E-state index in [1.54, 1.807) is 13.8 Å². The molecule has 3 aromatic carbocycles. The molecule has 2 radical (unpaired) electrons. The van der Waals surface area contributed by atoms with Crippen molar-refractivity contribution in [2.45, 2.75) is 38.0 Å². The second kappa shape index (κ2) is 11.2. The highest BCUT2D eigenvalue weighted by Crippen LogP contribution is 2.46. The van der Waals surface area contributed by atoms with E-state index in [0.29, 0.717) is 40.1 Å². The predicted octanol–water partition coefficient (Wildman–Crippen LogP) is 4.20. The van der Waals surface area contributed by atoms with E-state index >= 15 is 0 Å². The zero-order chi connectivity index (χ0) is 33.2. The number of nitrogens with two attached hydrogens (primary N) is 2. The van der Waals surface area contributed by atoms with Crippen molar-refractivity contribution in [1.29, 1.82) is 5.41 Å². The maximum atomic E-state index is 14.5. The molecule has 1 atom stereocenters. The van der Waals surface area contributed by atoms with Gasteiger partial charge < -0.3 is 31.2 Å². The largest absolute Gasteiger partial charge is 0.417 e. The topological polar surface area (TPSA) is 110 Å². The smallest absolute Gasteiger partial charge is 0.404 e. The molecule has 0 saturated heterocycles. The molecule has 1 aliphatic rings. The number of rotatable bonds is 6. The van der Waals surface area contributed by atoms with Crippen LogP contribution >= 0.6 is 11.6 Å². The highest BCUT2D eigenvalue weighted by atomic mass is 35.5. The zero-order valence-corrected chi connectivity index (χ0v) is 24.8. The number of alkyl halides is 4.